The first-order valence-electron chi connectivity index (χ1n) is 9.51. The molecule has 0 aliphatic heterocycles. The van der Waals surface area contributed by atoms with Gasteiger partial charge in [-0.15, -0.1) is 0 Å². The van der Waals surface area contributed by atoms with Crippen LogP contribution in [0.2, 0.25) is 10.0 Å². The first-order valence-corrected chi connectivity index (χ1v) is 10.3. The van der Waals surface area contributed by atoms with Crippen molar-refractivity contribution in [2.45, 2.75) is 25.9 Å². The Hall–Kier alpha value is -3.30. The highest BCUT2D eigenvalue weighted by Crippen LogP contribution is 2.19. The van der Waals surface area contributed by atoms with Crippen molar-refractivity contribution < 1.29 is 24.3 Å². The van der Waals surface area contributed by atoms with Crippen LogP contribution in [0.1, 0.15) is 29.3 Å². The molecule has 0 aliphatic rings. The van der Waals surface area contributed by atoms with E-state index in [0.29, 0.717) is 15.7 Å². The van der Waals surface area contributed by atoms with Gasteiger partial charge in [0.2, 0.25) is 5.91 Å². The summed E-state index contributed by atoms with van der Waals surface area (Å²) in [5.41, 5.74) is 1.33. The van der Waals surface area contributed by atoms with Gasteiger partial charge in [0.1, 0.15) is 0 Å². The van der Waals surface area contributed by atoms with Gasteiger partial charge in [-0.2, -0.15) is 0 Å². The van der Waals surface area contributed by atoms with Gasteiger partial charge < -0.3 is 26.4 Å². The van der Waals surface area contributed by atoms with Crippen molar-refractivity contribution in [1.82, 2.24) is 16.0 Å². The molecule has 1 atom stereocenters. The molecular formula is C21H22Cl2N4O5. The van der Waals surface area contributed by atoms with Gasteiger partial charge in [-0.3, -0.25) is 14.4 Å². The van der Waals surface area contributed by atoms with Crippen molar-refractivity contribution in [3.8, 4) is 0 Å². The molecule has 0 radical (unpaired) electrons. The summed E-state index contributed by atoms with van der Waals surface area (Å²) in [7, 11) is 0. The lowest BCUT2D eigenvalue weighted by Gasteiger charge is -2.12. The Labute approximate surface area is 194 Å². The first kappa shape index (κ1) is 25.0. The highest BCUT2D eigenvalue weighted by atomic mass is 35.5. The van der Waals surface area contributed by atoms with Gasteiger partial charge in [-0.1, -0.05) is 29.3 Å². The molecule has 2 aromatic carbocycles. The summed E-state index contributed by atoms with van der Waals surface area (Å²) < 4.78 is 0. The molecule has 2 aromatic rings. The van der Waals surface area contributed by atoms with Crippen LogP contribution in [-0.2, 0) is 16.1 Å². The lowest BCUT2D eigenvalue weighted by atomic mass is 10.2. The van der Waals surface area contributed by atoms with Crippen molar-refractivity contribution in [3.05, 3.63) is 63.6 Å². The second-order valence-corrected chi connectivity index (χ2v) is 7.79. The number of carboxylic acid groups (broad SMARTS) is 1. The van der Waals surface area contributed by atoms with Gasteiger partial charge in [-0.05, 0) is 48.9 Å². The highest BCUT2D eigenvalue weighted by molar-refractivity contribution is 6.34. The fraction of sp³-hybridized carbons (Fsp3) is 0.238. The number of carbonyl (C=O) groups is 4. The summed E-state index contributed by atoms with van der Waals surface area (Å²) in [6.45, 7) is 1.43. The molecule has 0 aliphatic carbocycles. The third-order valence-corrected chi connectivity index (χ3v) is 4.49. The van der Waals surface area contributed by atoms with E-state index in [-0.39, 0.29) is 25.1 Å². The second kappa shape index (κ2) is 11.9. The molecule has 0 heterocycles. The van der Waals surface area contributed by atoms with E-state index < -0.39 is 29.9 Å². The number of anilines is 1. The minimum Gasteiger partial charge on any atom is -0.481 e. The maximum Gasteiger partial charge on any atom is 0.319 e. The minimum absolute atomic E-state index is 0.196. The Kier molecular flexibility index (Phi) is 9.30. The van der Waals surface area contributed by atoms with Crippen LogP contribution in [0.4, 0.5) is 10.5 Å². The van der Waals surface area contributed by atoms with E-state index >= 15 is 0 Å². The SMILES string of the molecule is CC(CC(=O)O)NC(=O)CNC(=O)c1cccc(NC(=O)NCc2cc(Cl)cc(Cl)c2)c1. The topological polar surface area (TPSA) is 137 Å². The van der Waals surface area contributed by atoms with Crippen molar-refractivity contribution >= 4 is 52.7 Å². The maximum atomic E-state index is 12.3. The molecule has 32 heavy (non-hydrogen) atoms. The predicted molar refractivity (Wildman–Crippen MR) is 121 cm³/mol. The van der Waals surface area contributed by atoms with Crippen molar-refractivity contribution in [2.75, 3.05) is 11.9 Å². The molecule has 1 unspecified atom stereocenters. The van der Waals surface area contributed by atoms with Gasteiger partial charge in [0.05, 0.1) is 13.0 Å². The van der Waals surface area contributed by atoms with E-state index in [1.54, 1.807) is 37.3 Å². The average molecular weight is 481 g/mol. The lowest BCUT2D eigenvalue weighted by Crippen LogP contribution is -2.41. The number of carboxylic acids is 1. The number of halogens is 2. The van der Waals surface area contributed by atoms with Crippen LogP contribution in [0.15, 0.2) is 42.5 Å². The summed E-state index contributed by atoms with van der Waals surface area (Å²) in [4.78, 5) is 46.9. The van der Waals surface area contributed by atoms with Gasteiger partial charge in [0, 0.05) is 33.9 Å². The van der Waals surface area contributed by atoms with E-state index in [1.165, 1.54) is 12.1 Å². The molecule has 9 nitrogen and oxygen atoms in total. The zero-order valence-corrected chi connectivity index (χ0v) is 18.6. The number of hydrogen-bond acceptors (Lipinski definition) is 4. The Balaban J connectivity index is 1.85. The molecule has 11 heteroatoms. The molecular weight excluding hydrogens is 459 g/mol. The number of amides is 4. The Morgan fingerprint density at radius 3 is 2.34 bits per heavy atom. The van der Waals surface area contributed by atoms with Gasteiger partial charge in [-0.25, -0.2) is 4.79 Å². The Morgan fingerprint density at radius 2 is 1.69 bits per heavy atom. The number of rotatable bonds is 9. The Bertz CT molecular complexity index is 995. The third kappa shape index (κ3) is 8.83. The standard InChI is InChI=1S/C21H22Cl2N4O5/c1-12(5-19(29)30)26-18(28)11-24-20(31)14-3-2-4-17(8-14)27-21(32)25-10-13-6-15(22)9-16(23)7-13/h2-4,6-9,12H,5,10-11H2,1H3,(H,24,31)(H,26,28)(H,29,30)(H2,25,27,32). The molecule has 5 N–H and O–H groups in total. The van der Waals surface area contributed by atoms with Crippen LogP contribution >= 0.6 is 23.2 Å². The van der Waals surface area contributed by atoms with Gasteiger partial charge >= 0.3 is 12.0 Å². The first-order chi connectivity index (χ1) is 15.1. The van der Waals surface area contributed by atoms with E-state index in [0.717, 1.165) is 5.56 Å². The molecule has 0 aromatic heterocycles. The summed E-state index contributed by atoms with van der Waals surface area (Å²) >= 11 is 11.9. The molecule has 0 spiro atoms. The second-order valence-electron chi connectivity index (χ2n) is 6.92. The number of benzene rings is 2. The fourth-order valence-corrected chi connectivity index (χ4v) is 3.28. The smallest absolute Gasteiger partial charge is 0.319 e. The van der Waals surface area contributed by atoms with Gasteiger partial charge in [0.25, 0.3) is 5.91 Å². The van der Waals surface area contributed by atoms with E-state index in [9.17, 15) is 19.2 Å². The average Bonchev–Trinajstić information content (AvgIpc) is 2.69. The maximum absolute atomic E-state index is 12.3. The van der Waals surface area contributed by atoms with Gasteiger partial charge in [0.15, 0.2) is 0 Å². The van der Waals surface area contributed by atoms with E-state index in [1.807, 2.05) is 0 Å². The van der Waals surface area contributed by atoms with Crippen molar-refractivity contribution in [1.29, 1.82) is 0 Å². The summed E-state index contributed by atoms with van der Waals surface area (Å²) in [5.74, 6) is -2.07. The number of nitrogens with one attached hydrogen (secondary N) is 4. The molecule has 0 saturated carbocycles. The zero-order chi connectivity index (χ0) is 23.7. The quantitative estimate of drug-likeness (QED) is 0.375. The van der Waals surface area contributed by atoms with Crippen LogP contribution in [-0.4, -0.2) is 41.5 Å². The number of carbonyl (C=O) groups excluding carboxylic acids is 3. The van der Waals surface area contributed by atoms with Crippen LogP contribution in [0.25, 0.3) is 0 Å². The summed E-state index contributed by atoms with van der Waals surface area (Å²) in [6.07, 6.45) is -0.222. The largest absolute Gasteiger partial charge is 0.481 e. The number of aliphatic carboxylic acids is 1. The molecule has 0 fully saturated rings. The highest BCUT2D eigenvalue weighted by Gasteiger charge is 2.13. The fourth-order valence-electron chi connectivity index (χ4n) is 2.71. The summed E-state index contributed by atoms with van der Waals surface area (Å²) in [6, 6.07) is 10.0. The Morgan fingerprint density at radius 1 is 1.00 bits per heavy atom. The third-order valence-electron chi connectivity index (χ3n) is 4.06. The number of urea groups is 1. The van der Waals surface area contributed by atoms with Crippen molar-refractivity contribution in [3.63, 3.8) is 0 Å². The normalized spacial score (nSPS) is 11.2. The molecule has 170 valence electrons. The molecule has 4 amide bonds. The van der Waals surface area contributed by atoms with Crippen LogP contribution in [0.3, 0.4) is 0 Å². The molecule has 0 saturated heterocycles. The summed E-state index contributed by atoms with van der Waals surface area (Å²) in [5, 5.41) is 19.8. The monoisotopic (exact) mass is 480 g/mol. The van der Waals surface area contributed by atoms with E-state index in [4.69, 9.17) is 28.3 Å². The minimum atomic E-state index is -1.04. The number of hydrogen-bond donors (Lipinski definition) is 5. The van der Waals surface area contributed by atoms with Crippen molar-refractivity contribution in [2.24, 2.45) is 0 Å². The lowest BCUT2D eigenvalue weighted by molar-refractivity contribution is -0.137. The van der Waals surface area contributed by atoms with E-state index in [2.05, 4.69) is 21.3 Å². The zero-order valence-electron chi connectivity index (χ0n) is 17.1. The van der Waals surface area contributed by atoms with Crippen LogP contribution in [0, 0.1) is 0 Å². The van der Waals surface area contributed by atoms with Crippen LogP contribution < -0.4 is 21.3 Å². The molecule has 0 bridgehead atoms. The molecule has 2 rings (SSSR count). The predicted octanol–water partition coefficient (Wildman–Crippen LogP) is 3.02. The van der Waals surface area contributed by atoms with Crippen LogP contribution in [0.5, 0.6) is 0 Å².